The number of benzene rings is 1. The van der Waals surface area contributed by atoms with Crippen molar-refractivity contribution >= 4 is 11.6 Å². The second-order valence-electron chi connectivity index (χ2n) is 5.06. The molecule has 1 aliphatic carbocycles. The van der Waals surface area contributed by atoms with Crippen molar-refractivity contribution in [3.63, 3.8) is 0 Å². The summed E-state index contributed by atoms with van der Waals surface area (Å²) in [7, 11) is 1.92. The smallest absolute Gasteiger partial charge is 0.228 e. The first-order chi connectivity index (χ1) is 9.28. The van der Waals surface area contributed by atoms with Crippen LogP contribution in [0.4, 0.5) is 5.69 Å². The molecule has 3 nitrogen and oxygen atoms in total. The molecule has 0 atom stereocenters. The van der Waals surface area contributed by atoms with Gasteiger partial charge in [0.1, 0.15) is 0 Å². The summed E-state index contributed by atoms with van der Waals surface area (Å²) >= 11 is 0. The highest BCUT2D eigenvalue weighted by Crippen LogP contribution is 2.20. The average molecular weight is 258 g/mol. The van der Waals surface area contributed by atoms with Gasteiger partial charge in [-0.25, -0.2) is 0 Å². The third kappa shape index (κ3) is 4.52. The first-order valence-electron chi connectivity index (χ1n) is 6.99. The number of carbonyl (C=O) groups is 1. The fourth-order valence-electron chi connectivity index (χ4n) is 2.44. The Morgan fingerprint density at radius 2 is 2.21 bits per heavy atom. The molecule has 1 aliphatic rings. The average Bonchev–Trinajstić information content (AvgIpc) is 2.40. The fourth-order valence-corrected chi connectivity index (χ4v) is 2.44. The summed E-state index contributed by atoms with van der Waals surface area (Å²) in [5.74, 6) is 0.0924. The lowest BCUT2D eigenvalue weighted by atomic mass is 9.97. The third-order valence-corrected chi connectivity index (χ3v) is 3.36. The molecule has 0 radical (unpaired) electrons. The molecule has 0 saturated carbocycles. The van der Waals surface area contributed by atoms with E-state index in [0.29, 0.717) is 6.42 Å². The zero-order valence-corrected chi connectivity index (χ0v) is 11.5. The van der Waals surface area contributed by atoms with Gasteiger partial charge in [0, 0.05) is 18.7 Å². The van der Waals surface area contributed by atoms with Crippen LogP contribution in [0, 0.1) is 0 Å². The predicted molar refractivity (Wildman–Crippen MR) is 79.0 cm³/mol. The summed E-state index contributed by atoms with van der Waals surface area (Å²) in [6, 6.07) is 7.98. The Morgan fingerprint density at radius 3 is 2.95 bits per heavy atom. The topological polar surface area (TPSA) is 41.1 Å². The molecule has 102 valence electrons. The molecule has 0 fully saturated rings. The number of amides is 1. The molecule has 0 spiro atoms. The maximum Gasteiger partial charge on any atom is 0.228 e. The Labute approximate surface area is 115 Å². The number of anilines is 1. The molecule has 19 heavy (non-hydrogen) atoms. The van der Waals surface area contributed by atoms with Crippen LogP contribution in [0.25, 0.3) is 0 Å². The van der Waals surface area contributed by atoms with E-state index in [2.05, 4.69) is 22.8 Å². The lowest BCUT2D eigenvalue weighted by molar-refractivity contribution is -0.115. The highest BCUT2D eigenvalue weighted by Gasteiger charge is 2.09. The second kappa shape index (κ2) is 7.10. The van der Waals surface area contributed by atoms with Crippen LogP contribution in [0.5, 0.6) is 0 Å². The Hall–Kier alpha value is -1.61. The van der Waals surface area contributed by atoms with Crippen molar-refractivity contribution in [2.45, 2.75) is 38.6 Å². The monoisotopic (exact) mass is 258 g/mol. The van der Waals surface area contributed by atoms with Gasteiger partial charge in [-0.05, 0) is 50.4 Å². The molecule has 1 aromatic carbocycles. The molecule has 3 heteroatoms. The molecular weight excluding hydrogens is 236 g/mol. The van der Waals surface area contributed by atoms with Crippen LogP contribution in [0.3, 0.4) is 0 Å². The summed E-state index contributed by atoms with van der Waals surface area (Å²) < 4.78 is 0. The number of nitrogens with one attached hydrogen (secondary N) is 2. The Bertz CT molecular complexity index is 466. The van der Waals surface area contributed by atoms with E-state index in [1.54, 1.807) is 0 Å². The summed E-state index contributed by atoms with van der Waals surface area (Å²) in [6.45, 7) is 0.814. The maximum absolute atomic E-state index is 12.0. The Morgan fingerprint density at radius 1 is 1.32 bits per heavy atom. The molecule has 0 bridgehead atoms. The minimum Gasteiger partial charge on any atom is -0.326 e. The summed E-state index contributed by atoms with van der Waals surface area (Å²) in [4.78, 5) is 12.0. The number of hydrogen-bond donors (Lipinski definition) is 2. The zero-order chi connectivity index (χ0) is 13.5. The van der Waals surface area contributed by atoms with Crippen molar-refractivity contribution in [2.24, 2.45) is 0 Å². The first kappa shape index (κ1) is 13.8. The number of hydrogen-bond acceptors (Lipinski definition) is 2. The zero-order valence-electron chi connectivity index (χ0n) is 11.5. The van der Waals surface area contributed by atoms with Crippen LogP contribution in [-0.4, -0.2) is 13.0 Å². The predicted octanol–water partition coefficient (Wildman–Crippen LogP) is 3.24. The van der Waals surface area contributed by atoms with Gasteiger partial charge in [-0.15, -0.1) is 0 Å². The van der Waals surface area contributed by atoms with E-state index in [1.165, 1.54) is 24.0 Å². The standard InChI is InChI=1S/C16H22N2O/c1-17-12-14-8-5-9-15(10-14)18-16(19)11-13-6-3-2-4-7-13/h5-6,8-10,17H,2-4,7,11-12H2,1H3,(H,18,19). The Balaban J connectivity index is 1.90. The van der Waals surface area contributed by atoms with E-state index in [0.717, 1.165) is 25.1 Å². The van der Waals surface area contributed by atoms with Gasteiger partial charge in [0.25, 0.3) is 0 Å². The van der Waals surface area contributed by atoms with Crippen molar-refractivity contribution in [2.75, 3.05) is 12.4 Å². The Kier molecular flexibility index (Phi) is 5.16. The molecule has 2 N–H and O–H groups in total. The van der Waals surface area contributed by atoms with Gasteiger partial charge in [-0.2, -0.15) is 0 Å². The van der Waals surface area contributed by atoms with Crippen molar-refractivity contribution in [3.05, 3.63) is 41.5 Å². The van der Waals surface area contributed by atoms with E-state index in [1.807, 2.05) is 25.2 Å². The highest BCUT2D eigenvalue weighted by atomic mass is 16.1. The normalized spacial score (nSPS) is 14.9. The molecule has 0 saturated heterocycles. The van der Waals surface area contributed by atoms with E-state index in [4.69, 9.17) is 0 Å². The van der Waals surface area contributed by atoms with Crippen molar-refractivity contribution in [1.29, 1.82) is 0 Å². The highest BCUT2D eigenvalue weighted by molar-refractivity contribution is 5.92. The summed E-state index contributed by atoms with van der Waals surface area (Å²) in [5.41, 5.74) is 3.35. The fraction of sp³-hybridized carbons (Fsp3) is 0.438. The number of rotatable bonds is 5. The van der Waals surface area contributed by atoms with Gasteiger partial charge in [0.2, 0.25) is 5.91 Å². The second-order valence-corrected chi connectivity index (χ2v) is 5.06. The lowest BCUT2D eigenvalue weighted by Crippen LogP contribution is -2.13. The number of allylic oxidation sites excluding steroid dienone is 1. The first-order valence-corrected chi connectivity index (χ1v) is 6.99. The molecule has 0 unspecified atom stereocenters. The summed E-state index contributed by atoms with van der Waals surface area (Å²) in [6.07, 6.45) is 7.44. The number of carbonyl (C=O) groups excluding carboxylic acids is 1. The van der Waals surface area contributed by atoms with Crippen molar-refractivity contribution < 1.29 is 4.79 Å². The molecular formula is C16H22N2O. The van der Waals surface area contributed by atoms with Crippen LogP contribution in [0.15, 0.2) is 35.9 Å². The molecule has 0 aliphatic heterocycles. The third-order valence-electron chi connectivity index (χ3n) is 3.36. The molecule has 0 heterocycles. The van der Waals surface area contributed by atoms with Gasteiger partial charge in [0.05, 0.1) is 0 Å². The van der Waals surface area contributed by atoms with Crippen LogP contribution < -0.4 is 10.6 Å². The quantitative estimate of drug-likeness (QED) is 0.796. The SMILES string of the molecule is CNCc1cccc(NC(=O)CC2=CCCCC2)c1. The van der Waals surface area contributed by atoms with Crippen LogP contribution in [0.1, 0.15) is 37.7 Å². The van der Waals surface area contributed by atoms with E-state index in [-0.39, 0.29) is 5.91 Å². The van der Waals surface area contributed by atoms with Gasteiger partial charge >= 0.3 is 0 Å². The van der Waals surface area contributed by atoms with Gasteiger partial charge in [-0.1, -0.05) is 23.8 Å². The molecule has 1 aromatic rings. The maximum atomic E-state index is 12.0. The molecule has 0 aromatic heterocycles. The molecule has 2 rings (SSSR count). The lowest BCUT2D eigenvalue weighted by Gasteiger charge is -2.13. The van der Waals surface area contributed by atoms with Gasteiger partial charge in [0.15, 0.2) is 0 Å². The van der Waals surface area contributed by atoms with Crippen molar-refractivity contribution in [3.8, 4) is 0 Å². The van der Waals surface area contributed by atoms with E-state index in [9.17, 15) is 4.79 Å². The van der Waals surface area contributed by atoms with Gasteiger partial charge < -0.3 is 10.6 Å². The van der Waals surface area contributed by atoms with Crippen LogP contribution in [-0.2, 0) is 11.3 Å². The van der Waals surface area contributed by atoms with Gasteiger partial charge in [-0.3, -0.25) is 4.79 Å². The van der Waals surface area contributed by atoms with Crippen LogP contribution in [0.2, 0.25) is 0 Å². The van der Waals surface area contributed by atoms with E-state index >= 15 is 0 Å². The van der Waals surface area contributed by atoms with Crippen LogP contribution >= 0.6 is 0 Å². The largest absolute Gasteiger partial charge is 0.326 e. The van der Waals surface area contributed by atoms with E-state index < -0.39 is 0 Å². The minimum absolute atomic E-state index is 0.0924. The summed E-state index contributed by atoms with van der Waals surface area (Å²) in [5, 5.41) is 6.09. The van der Waals surface area contributed by atoms with Crippen molar-refractivity contribution in [1.82, 2.24) is 5.32 Å². The minimum atomic E-state index is 0.0924. The molecule has 1 amide bonds.